The number of halogens is 2. The van der Waals surface area contributed by atoms with Crippen molar-refractivity contribution in [2.75, 3.05) is 7.05 Å². The first-order valence-corrected chi connectivity index (χ1v) is 7.93. The molecule has 0 unspecified atom stereocenters. The lowest BCUT2D eigenvalue weighted by atomic mass is 10.2. The summed E-state index contributed by atoms with van der Waals surface area (Å²) in [6.07, 6.45) is 0. The fraction of sp³-hybridized carbons (Fsp3) is 0.235. The molecule has 0 spiro atoms. The third kappa shape index (κ3) is 3.41. The zero-order valence-corrected chi connectivity index (χ0v) is 14.7. The molecule has 1 aromatic carbocycles. The average molecular weight is 363 g/mol. The molecule has 0 saturated heterocycles. The Morgan fingerprint density at radius 3 is 2.60 bits per heavy atom. The highest BCUT2D eigenvalue weighted by atomic mass is 35.5. The van der Waals surface area contributed by atoms with E-state index in [9.17, 15) is 9.18 Å². The Balaban J connectivity index is 1.89. The number of nitrogens with zero attached hydrogens (tertiary/aromatic N) is 4. The van der Waals surface area contributed by atoms with Gasteiger partial charge in [-0.05, 0) is 38.1 Å². The first-order valence-electron chi connectivity index (χ1n) is 7.55. The van der Waals surface area contributed by atoms with Gasteiger partial charge in [0.05, 0.1) is 23.5 Å². The molecule has 0 saturated carbocycles. The zero-order valence-electron chi connectivity index (χ0n) is 14.0. The van der Waals surface area contributed by atoms with Crippen LogP contribution in [0.25, 0.3) is 5.69 Å². The Morgan fingerprint density at radius 1 is 1.32 bits per heavy atom. The van der Waals surface area contributed by atoms with Gasteiger partial charge in [-0.25, -0.2) is 9.07 Å². The molecule has 0 aliphatic carbocycles. The standard InChI is InChI=1S/C17H16ClFN4O2/c1-10-8-13(21-25-10)9-22(3)17(24)15-11(2)20-23(16(15)18)14-6-4-12(19)5-7-14/h4-8H,9H2,1-3H3. The number of rotatable bonds is 4. The molecule has 0 radical (unpaired) electrons. The van der Waals surface area contributed by atoms with E-state index in [1.165, 1.54) is 21.7 Å². The van der Waals surface area contributed by atoms with Crippen LogP contribution in [0, 0.1) is 19.7 Å². The van der Waals surface area contributed by atoms with Crippen LogP contribution in [-0.4, -0.2) is 32.8 Å². The Hall–Kier alpha value is -2.67. The minimum absolute atomic E-state index is 0.178. The maximum Gasteiger partial charge on any atom is 0.259 e. The predicted octanol–water partition coefficient (Wildman–Crippen LogP) is 3.54. The van der Waals surface area contributed by atoms with Crippen molar-refractivity contribution in [3.63, 3.8) is 0 Å². The molecule has 8 heteroatoms. The van der Waals surface area contributed by atoms with E-state index in [1.807, 2.05) is 0 Å². The summed E-state index contributed by atoms with van der Waals surface area (Å²) in [5.74, 6) is 0.0356. The number of benzene rings is 1. The van der Waals surface area contributed by atoms with Gasteiger partial charge in [-0.3, -0.25) is 4.79 Å². The highest BCUT2D eigenvalue weighted by Crippen LogP contribution is 2.25. The molecule has 6 nitrogen and oxygen atoms in total. The van der Waals surface area contributed by atoms with E-state index in [4.69, 9.17) is 16.1 Å². The lowest BCUT2D eigenvalue weighted by molar-refractivity contribution is 0.0781. The summed E-state index contributed by atoms with van der Waals surface area (Å²) in [6.45, 7) is 3.77. The van der Waals surface area contributed by atoms with E-state index >= 15 is 0 Å². The number of hydrogen-bond acceptors (Lipinski definition) is 4. The van der Waals surface area contributed by atoms with Gasteiger partial charge in [0.2, 0.25) is 0 Å². The van der Waals surface area contributed by atoms with E-state index in [-0.39, 0.29) is 23.4 Å². The number of hydrogen-bond donors (Lipinski definition) is 0. The lowest BCUT2D eigenvalue weighted by Crippen LogP contribution is -2.27. The van der Waals surface area contributed by atoms with Crippen LogP contribution in [0.5, 0.6) is 0 Å². The van der Waals surface area contributed by atoms with Gasteiger partial charge >= 0.3 is 0 Å². The van der Waals surface area contributed by atoms with Gasteiger partial charge in [0, 0.05) is 13.1 Å². The highest BCUT2D eigenvalue weighted by molar-refractivity contribution is 6.33. The second-order valence-corrected chi connectivity index (χ2v) is 6.09. The molecular formula is C17H16ClFN4O2. The lowest BCUT2D eigenvalue weighted by Gasteiger charge is -2.15. The molecule has 2 aromatic heterocycles. The summed E-state index contributed by atoms with van der Waals surface area (Å²) in [4.78, 5) is 14.3. The third-order valence-corrected chi connectivity index (χ3v) is 4.06. The fourth-order valence-electron chi connectivity index (χ4n) is 2.49. The van der Waals surface area contributed by atoms with Crippen LogP contribution in [0.3, 0.4) is 0 Å². The van der Waals surface area contributed by atoms with Gasteiger partial charge in [-0.15, -0.1) is 0 Å². The summed E-state index contributed by atoms with van der Waals surface area (Å²) in [6, 6.07) is 7.47. The number of aryl methyl sites for hydroxylation is 2. The van der Waals surface area contributed by atoms with Crippen LogP contribution >= 0.6 is 11.6 Å². The van der Waals surface area contributed by atoms with Gasteiger partial charge < -0.3 is 9.42 Å². The molecule has 0 bridgehead atoms. The summed E-state index contributed by atoms with van der Waals surface area (Å²) in [5, 5.41) is 8.36. The molecule has 0 atom stereocenters. The molecule has 0 fully saturated rings. The Kier molecular flexibility index (Phi) is 4.59. The monoisotopic (exact) mass is 362 g/mol. The van der Waals surface area contributed by atoms with Crippen LogP contribution in [0.15, 0.2) is 34.9 Å². The quantitative estimate of drug-likeness (QED) is 0.712. The first kappa shape index (κ1) is 17.2. The summed E-state index contributed by atoms with van der Waals surface area (Å²) in [7, 11) is 1.65. The van der Waals surface area contributed by atoms with Crippen LogP contribution in [-0.2, 0) is 6.54 Å². The first-order chi connectivity index (χ1) is 11.9. The van der Waals surface area contributed by atoms with Crippen molar-refractivity contribution in [2.24, 2.45) is 0 Å². The van der Waals surface area contributed by atoms with Crippen LogP contribution in [0.4, 0.5) is 4.39 Å². The molecular weight excluding hydrogens is 347 g/mol. The Bertz CT molecular complexity index is 917. The van der Waals surface area contributed by atoms with Crippen molar-refractivity contribution in [3.05, 3.63) is 64.0 Å². The third-order valence-electron chi connectivity index (χ3n) is 3.71. The van der Waals surface area contributed by atoms with Crippen molar-refractivity contribution >= 4 is 17.5 Å². The molecule has 0 N–H and O–H groups in total. The maximum atomic E-state index is 13.1. The second-order valence-electron chi connectivity index (χ2n) is 5.73. The van der Waals surface area contributed by atoms with Crippen molar-refractivity contribution in [2.45, 2.75) is 20.4 Å². The van der Waals surface area contributed by atoms with Gasteiger partial charge in [0.25, 0.3) is 5.91 Å². The Labute approximate surface area is 148 Å². The average Bonchev–Trinajstić information content (AvgIpc) is 3.10. The van der Waals surface area contributed by atoms with E-state index in [0.29, 0.717) is 28.4 Å². The van der Waals surface area contributed by atoms with Crippen LogP contribution in [0.1, 0.15) is 27.5 Å². The zero-order chi connectivity index (χ0) is 18.1. The molecule has 3 rings (SSSR count). The van der Waals surface area contributed by atoms with Gasteiger partial charge in [-0.1, -0.05) is 16.8 Å². The van der Waals surface area contributed by atoms with Gasteiger partial charge in [-0.2, -0.15) is 5.10 Å². The number of carbonyl (C=O) groups excluding carboxylic acids is 1. The summed E-state index contributed by atoms with van der Waals surface area (Å²) < 4.78 is 19.5. The minimum atomic E-state index is -0.359. The topological polar surface area (TPSA) is 64.2 Å². The molecule has 2 heterocycles. The van der Waals surface area contributed by atoms with E-state index < -0.39 is 0 Å². The number of carbonyl (C=O) groups is 1. The van der Waals surface area contributed by atoms with E-state index in [1.54, 1.807) is 39.1 Å². The largest absolute Gasteiger partial charge is 0.361 e. The second kappa shape index (κ2) is 6.68. The molecule has 1 amide bonds. The molecule has 3 aromatic rings. The molecule has 0 aliphatic heterocycles. The predicted molar refractivity (Wildman–Crippen MR) is 90.3 cm³/mol. The van der Waals surface area contributed by atoms with Crippen molar-refractivity contribution in [1.29, 1.82) is 0 Å². The normalized spacial score (nSPS) is 10.9. The van der Waals surface area contributed by atoms with Gasteiger partial charge in [0.1, 0.15) is 22.4 Å². The smallest absolute Gasteiger partial charge is 0.259 e. The van der Waals surface area contributed by atoms with E-state index in [2.05, 4.69) is 10.3 Å². The summed E-state index contributed by atoms with van der Waals surface area (Å²) in [5.41, 5.74) is 2.01. The maximum absolute atomic E-state index is 13.1. The number of aromatic nitrogens is 3. The summed E-state index contributed by atoms with van der Waals surface area (Å²) >= 11 is 6.38. The highest BCUT2D eigenvalue weighted by Gasteiger charge is 2.24. The van der Waals surface area contributed by atoms with E-state index in [0.717, 1.165) is 0 Å². The SMILES string of the molecule is Cc1cc(CN(C)C(=O)c2c(C)nn(-c3ccc(F)cc3)c2Cl)no1. The fourth-order valence-corrected chi connectivity index (χ4v) is 2.85. The Morgan fingerprint density at radius 2 is 2.00 bits per heavy atom. The van der Waals surface area contributed by atoms with Gasteiger partial charge in [0.15, 0.2) is 0 Å². The molecule has 130 valence electrons. The van der Waals surface area contributed by atoms with Crippen LogP contribution < -0.4 is 0 Å². The van der Waals surface area contributed by atoms with Crippen molar-refractivity contribution < 1.29 is 13.7 Å². The van der Waals surface area contributed by atoms with Crippen LogP contribution in [0.2, 0.25) is 5.15 Å². The van der Waals surface area contributed by atoms with Crippen molar-refractivity contribution in [1.82, 2.24) is 19.8 Å². The minimum Gasteiger partial charge on any atom is -0.361 e. The molecule has 0 aliphatic rings. The van der Waals surface area contributed by atoms with Crippen molar-refractivity contribution in [3.8, 4) is 5.69 Å². The number of amides is 1. The molecule has 25 heavy (non-hydrogen) atoms.